The van der Waals surface area contributed by atoms with E-state index in [0.717, 1.165) is 51.3 Å². The number of hydrogen-bond acceptors (Lipinski definition) is 6. The van der Waals surface area contributed by atoms with Gasteiger partial charge in [0.15, 0.2) is 11.6 Å². The van der Waals surface area contributed by atoms with Crippen LogP contribution in [0, 0.1) is 0 Å². The summed E-state index contributed by atoms with van der Waals surface area (Å²) in [6.45, 7) is 1.46. The SMILES string of the molecule is CN1CCN(C2C=C(n3cc(-c4cnc(N)c(OC(F)F)c4)nc3C3CC3)C2)CC1. The van der Waals surface area contributed by atoms with Gasteiger partial charge in [-0.15, -0.1) is 0 Å². The molecule has 2 aliphatic carbocycles. The second-order valence-electron chi connectivity index (χ2n) is 8.38. The number of anilines is 1. The number of aromatic nitrogens is 3. The van der Waals surface area contributed by atoms with Crippen molar-refractivity contribution in [3.05, 3.63) is 30.4 Å². The summed E-state index contributed by atoms with van der Waals surface area (Å²) in [7, 11) is 2.16. The molecule has 1 atom stereocenters. The Bertz CT molecular complexity index is 962. The van der Waals surface area contributed by atoms with Crippen molar-refractivity contribution in [3.63, 3.8) is 0 Å². The van der Waals surface area contributed by atoms with Crippen LogP contribution in [0.1, 0.15) is 31.0 Å². The maximum Gasteiger partial charge on any atom is 0.387 e. The quantitative estimate of drug-likeness (QED) is 0.781. The molecule has 2 fully saturated rings. The molecule has 0 bridgehead atoms. The van der Waals surface area contributed by atoms with E-state index in [4.69, 9.17) is 10.7 Å². The van der Waals surface area contributed by atoms with Crippen LogP contribution in [0.4, 0.5) is 14.6 Å². The molecule has 9 heteroatoms. The molecule has 160 valence electrons. The van der Waals surface area contributed by atoms with Crippen LogP contribution < -0.4 is 10.5 Å². The van der Waals surface area contributed by atoms with Gasteiger partial charge >= 0.3 is 6.61 Å². The van der Waals surface area contributed by atoms with Crippen LogP contribution in [-0.2, 0) is 0 Å². The smallest absolute Gasteiger partial charge is 0.387 e. The highest BCUT2D eigenvalue weighted by Crippen LogP contribution is 2.43. The summed E-state index contributed by atoms with van der Waals surface area (Å²) in [6.07, 6.45) is 9.13. The van der Waals surface area contributed by atoms with Crippen molar-refractivity contribution >= 4 is 11.5 Å². The number of ether oxygens (including phenoxy) is 1. The second-order valence-corrected chi connectivity index (χ2v) is 8.38. The van der Waals surface area contributed by atoms with Gasteiger partial charge in [-0.05, 0) is 32.0 Å². The summed E-state index contributed by atoms with van der Waals surface area (Å²) < 4.78 is 32.0. The van der Waals surface area contributed by atoms with E-state index in [1.165, 1.54) is 11.8 Å². The third kappa shape index (κ3) is 3.79. The van der Waals surface area contributed by atoms with E-state index in [-0.39, 0.29) is 11.6 Å². The monoisotopic (exact) mass is 416 g/mol. The van der Waals surface area contributed by atoms with E-state index < -0.39 is 6.61 Å². The molecule has 3 aliphatic rings. The Morgan fingerprint density at radius 3 is 2.60 bits per heavy atom. The van der Waals surface area contributed by atoms with Crippen LogP contribution in [0.15, 0.2) is 24.5 Å². The van der Waals surface area contributed by atoms with E-state index in [1.54, 1.807) is 6.20 Å². The number of pyridine rings is 1. The molecule has 30 heavy (non-hydrogen) atoms. The van der Waals surface area contributed by atoms with Crippen molar-refractivity contribution in [2.45, 2.75) is 37.8 Å². The summed E-state index contributed by atoms with van der Waals surface area (Å²) >= 11 is 0. The van der Waals surface area contributed by atoms with Crippen molar-refractivity contribution in [2.75, 3.05) is 39.0 Å². The first-order valence-corrected chi connectivity index (χ1v) is 10.4. The molecule has 2 aromatic rings. The third-order valence-electron chi connectivity index (χ3n) is 6.19. The lowest BCUT2D eigenvalue weighted by Gasteiger charge is -2.41. The zero-order valence-corrected chi connectivity index (χ0v) is 17.0. The maximum atomic E-state index is 12.6. The number of piperazine rings is 1. The van der Waals surface area contributed by atoms with E-state index in [9.17, 15) is 8.78 Å². The Morgan fingerprint density at radius 1 is 1.20 bits per heavy atom. The van der Waals surface area contributed by atoms with Crippen molar-refractivity contribution in [2.24, 2.45) is 0 Å². The Labute approximate surface area is 174 Å². The Morgan fingerprint density at radius 2 is 1.93 bits per heavy atom. The molecule has 0 radical (unpaired) electrons. The molecule has 1 unspecified atom stereocenters. The lowest BCUT2D eigenvalue weighted by atomic mass is 9.96. The number of nitrogens with zero attached hydrogens (tertiary/aromatic N) is 5. The van der Waals surface area contributed by atoms with Crippen LogP contribution in [-0.4, -0.2) is 70.2 Å². The van der Waals surface area contributed by atoms with Crippen molar-refractivity contribution in [3.8, 4) is 17.0 Å². The fourth-order valence-corrected chi connectivity index (χ4v) is 4.15. The minimum atomic E-state index is -2.95. The van der Waals surface area contributed by atoms with Crippen molar-refractivity contribution < 1.29 is 13.5 Å². The average molecular weight is 416 g/mol. The van der Waals surface area contributed by atoms with Gasteiger partial charge in [-0.3, -0.25) is 4.90 Å². The van der Waals surface area contributed by atoms with Crippen LogP contribution in [0.3, 0.4) is 0 Å². The van der Waals surface area contributed by atoms with Crippen molar-refractivity contribution in [1.82, 2.24) is 24.3 Å². The summed E-state index contributed by atoms with van der Waals surface area (Å²) in [5, 5.41) is 0. The summed E-state index contributed by atoms with van der Waals surface area (Å²) in [5.74, 6) is 1.32. The van der Waals surface area contributed by atoms with Gasteiger partial charge in [0.1, 0.15) is 5.82 Å². The first-order valence-electron chi connectivity index (χ1n) is 10.4. The van der Waals surface area contributed by atoms with Gasteiger partial charge in [-0.1, -0.05) is 0 Å². The first-order chi connectivity index (χ1) is 14.5. The number of nitrogens with two attached hydrogens (primary N) is 1. The van der Waals surface area contributed by atoms with Crippen LogP contribution in [0.5, 0.6) is 5.75 Å². The van der Waals surface area contributed by atoms with Gasteiger partial charge in [0, 0.05) is 68.2 Å². The van der Waals surface area contributed by atoms with Gasteiger partial charge in [-0.25, -0.2) is 9.97 Å². The predicted octanol–water partition coefficient (Wildman–Crippen LogP) is 2.87. The normalized spacial score (nSPS) is 22.8. The fourth-order valence-electron chi connectivity index (χ4n) is 4.15. The van der Waals surface area contributed by atoms with Crippen LogP contribution >= 0.6 is 0 Å². The fraction of sp³-hybridized carbons (Fsp3) is 0.524. The van der Waals surface area contributed by atoms with E-state index in [1.807, 2.05) is 6.20 Å². The minimum absolute atomic E-state index is 0.0578. The third-order valence-corrected chi connectivity index (χ3v) is 6.19. The molecule has 7 nitrogen and oxygen atoms in total. The van der Waals surface area contributed by atoms with Crippen molar-refractivity contribution in [1.29, 1.82) is 0 Å². The lowest BCUT2D eigenvalue weighted by Crippen LogP contribution is -2.50. The maximum absolute atomic E-state index is 12.6. The molecule has 1 saturated heterocycles. The number of nitrogen functional groups attached to an aromatic ring is 1. The Balaban J connectivity index is 1.40. The molecule has 3 heterocycles. The molecular formula is C21H26F2N6O. The predicted molar refractivity (Wildman–Crippen MR) is 110 cm³/mol. The Kier molecular flexibility index (Phi) is 4.94. The molecule has 0 spiro atoms. The molecule has 1 saturated carbocycles. The molecule has 2 N–H and O–H groups in total. The van der Waals surface area contributed by atoms with Crippen LogP contribution in [0.2, 0.25) is 0 Å². The largest absolute Gasteiger partial charge is 0.431 e. The van der Waals surface area contributed by atoms with Gasteiger partial charge < -0.3 is 19.9 Å². The molecule has 2 aromatic heterocycles. The highest BCUT2D eigenvalue weighted by Gasteiger charge is 2.34. The number of likely N-dealkylation sites (N-methyl/N-ethyl adjacent to an activating group) is 1. The summed E-state index contributed by atoms with van der Waals surface area (Å²) in [6, 6.07) is 1.97. The number of rotatable bonds is 6. The standard InChI is InChI=1S/C21H26F2N6O/c1-27-4-6-28(7-5-27)15-9-16(10-15)29-12-17(26-20(29)13-2-3-13)14-8-18(30-21(22)23)19(24)25-11-14/h8-9,11-13,15,21H,2-7,10H2,1H3,(H2,24,25). The number of hydrogen-bond donors (Lipinski definition) is 1. The Hall–Kier alpha value is -2.52. The van der Waals surface area contributed by atoms with Crippen LogP contribution in [0.25, 0.3) is 17.0 Å². The second kappa shape index (κ2) is 7.63. The molecular weight excluding hydrogens is 390 g/mol. The zero-order chi connectivity index (χ0) is 20.8. The summed E-state index contributed by atoms with van der Waals surface area (Å²) in [4.78, 5) is 13.7. The first kappa shape index (κ1) is 19.4. The molecule has 0 amide bonds. The minimum Gasteiger partial charge on any atom is -0.431 e. The lowest BCUT2D eigenvalue weighted by molar-refractivity contribution is -0.0494. The number of halogens is 2. The number of alkyl halides is 2. The molecule has 0 aromatic carbocycles. The van der Waals surface area contributed by atoms with Gasteiger partial charge in [0.25, 0.3) is 0 Å². The van der Waals surface area contributed by atoms with E-state index in [0.29, 0.717) is 23.2 Å². The number of imidazole rings is 1. The highest BCUT2D eigenvalue weighted by atomic mass is 19.3. The molecule has 1 aliphatic heterocycles. The van der Waals surface area contributed by atoms with Gasteiger partial charge in [0.05, 0.1) is 5.69 Å². The highest BCUT2D eigenvalue weighted by molar-refractivity contribution is 5.66. The van der Waals surface area contributed by atoms with E-state index in [2.05, 4.69) is 37.2 Å². The average Bonchev–Trinajstić information content (AvgIpc) is 3.43. The topological polar surface area (TPSA) is 72.4 Å². The van der Waals surface area contributed by atoms with Gasteiger partial charge in [0.2, 0.25) is 0 Å². The van der Waals surface area contributed by atoms with E-state index >= 15 is 0 Å². The summed E-state index contributed by atoms with van der Waals surface area (Å²) in [5.41, 5.74) is 8.25. The molecule has 5 rings (SSSR count). The zero-order valence-electron chi connectivity index (χ0n) is 17.0. The van der Waals surface area contributed by atoms with Gasteiger partial charge in [-0.2, -0.15) is 8.78 Å².